The normalized spacial score (nSPS) is 10.4. The lowest BCUT2D eigenvalue weighted by Gasteiger charge is -2.24. The second-order valence-electron chi connectivity index (χ2n) is 3.74. The number of ether oxygens (including phenoxy) is 1. The van der Waals surface area contributed by atoms with Crippen LogP contribution in [0.3, 0.4) is 0 Å². The molecule has 1 aromatic heterocycles. The Morgan fingerprint density at radius 3 is 2.65 bits per heavy atom. The average molecular weight is 302 g/mol. The van der Waals surface area contributed by atoms with Crippen LogP contribution in [0.2, 0.25) is 0 Å². The van der Waals surface area contributed by atoms with Gasteiger partial charge in [0, 0.05) is 18.4 Å². The fraction of sp³-hybridized carbons (Fsp3) is 0.667. The first-order valence-electron chi connectivity index (χ1n) is 5.99. The van der Waals surface area contributed by atoms with Gasteiger partial charge in [-0.15, -0.1) is 0 Å². The van der Waals surface area contributed by atoms with Gasteiger partial charge >= 0.3 is 0 Å². The number of nitrogens with zero attached hydrogens (tertiary/aromatic N) is 3. The Kier molecular flexibility index (Phi) is 6.26. The van der Waals surface area contributed by atoms with E-state index in [4.69, 9.17) is 4.74 Å². The van der Waals surface area contributed by atoms with Crippen LogP contribution in [-0.4, -0.2) is 35.0 Å². The molecular formula is C12H20BrN3O. The van der Waals surface area contributed by atoms with Gasteiger partial charge in [0.2, 0.25) is 5.88 Å². The van der Waals surface area contributed by atoms with Gasteiger partial charge in [0.25, 0.3) is 0 Å². The number of alkyl halides is 1. The molecule has 0 aliphatic heterocycles. The van der Waals surface area contributed by atoms with E-state index in [9.17, 15) is 0 Å². The van der Waals surface area contributed by atoms with E-state index < -0.39 is 0 Å². The minimum absolute atomic E-state index is 0.628. The van der Waals surface area contributed by atoms with Crippen LogP contribution in [0.1, 0.15) is 25.8 Å². The van der Waals surface area contributed by atoms with Crippen molar-refractivity contribution in [1.82, 2.24) is 9.97 Å². The maximum absolute atomic E-state index is 5.49. The predicted octanol–water partition coefficient (Wildman–Crippen LogP) is 2.80. The summed E-state index contributed by atoms with van der Waals surface area (Å²) in [5.74, 6) is 1.66. The summed E-state index contributed by atoms with van der Waals surface area (Å²) in [7, 11) is 0. The molecule has 0 spiro atoms. The van der Waals surface area contributed by atoms with Crippen molar-refractivity contribution >= 4 is 21.7 Å². The largest absolute Gasteiger partial charge is 0.478 e. The van der Waals surface area contributed by atoms with Gasteiger partial charge in [0.1, 0.15) is 12.1 Å². The van der Waals surface area contributed by atoms with Crippen molar-refractivity contribution in [3.63, 3.8) is 0 Å². The van der Waals surface area contributed by atoms with Crippen LogP contribution in [0, 0.1) is 6.92 Å². The van der Waals surface area contributed by atoms with Crippen LogP contribution in [-0.2, 0) is 0 Å². The lowest BCUT2D eigenvalue weighted by molar-refractivity contribution is 0.323. The zero-order valence-electron chi connectivity index (χ0n) is 10.7. The third-order valence-corrected chi connectivity index (χ3v) is 2.79. The number of halogens is 1. The zero-order valence-corrected chi connectivity index (χ0v) is 12.3. The molecule has 0 aliphatic carbocycles. The molecule has 0 radical (unpaired) electrons. The van der Waals surface area contributed by atoms with Crippen LogP contribution >= 0.6 is 15.9 Å². The fourth-order valence-corrected chi connectivity index (χ4v) is 2.15. The van der Waals surface area contributed by atoms with Crippen molar-refractivity contribution < 1.29 is 4.74 Å². The van der Waals surface area contributed by atoms with Gasteiger partial charge in [-0.25, -0.2) is 9.97 Å². The van der Waals surface area contributed by atoms with Crippen LogP contribution in [0.5, 0.6) is 5.88 Å². The number of rotatable bonds is 7. The van der Waals surface area contributed by atoms with Crippen LogP contribution < -0.4 is 9.64 Å². The zero-order chi connectivity index (χ0) is 12.7. The van der Waals surface area contributed by atoms with Gasteiger partial charge < -0.3 is 9.64 Å². The third-order valence-electron chi connectivity index (χ3n) is 2.44. The number of aromatic nitrogens is 2. The second-order valence-corrected chi connectivity index (χ2v) is 4.53. The standard InChI is InChI=1S/C12H20BrN3O/c1-4-7-16(8-6-13)11-10(3)12(17-5-2)15-9-14-11/h9H,4-8H2,1-3H3. The number of anilines is 1. The Morgan fingerprint density at radius 2 is 2.06 bits per heavy atom. The monoisotopic (exact) mass is 301 g/mol. The molecule has 4 nitrogen and oxygen atoms in total. The lowest BCUT2D eigenvalue weighted by atomic mass is 10.3. The smallest absolute Gasteiger partial charge is 0.221 e. The lowest BCUT2D eigenvalue weighted by Crippen LogP contribution is -2.28. The highest BCUT2D eigenvalue weighted by Crippen LogP contribution is 2.24. The van der Waals surface area contributed by atoms with E-state index in [1.54, 1.807) is 6.33 Å². The molecule has 0 N–H and O–H groups in total. The summed E-state index contributed by atoms with van der Waals surface area (Å²) < 4.78 is 5.49. The molecule has 0 bridgehead atoms. The molecule has 17 heavy (non-hydrogen) atoms. The molecule has 0 aromatic carbocycles. The highest BCUT2D eigenvalue weighted by atomic mass is 79.9. The van der Waals surface area contributed by atoms with Gasteiger partial charge in [-0.2, -0.15) is 0 Å². The summed E-state index contributed by atoms with van der Waals surface area (Å²) in [5.41, 5.74) is 1.02. The molecule has 1 rings (SSSR count). The molecule has 96 valence electrons. The van der Waals surface area contributed by atoms with Crippen molar-refractivity contribution in [1.29, 1.82) is 0 Å². The second kappa shape index (κ2) is 7.48. The van der Waals surface area contributed by atoms with Gasteiger partial charge in [0.15, 0.2) is 0 Å². The summed E-state index contributed by atoms with van der Waals surface area (Å²) >= 11 is 3.47. The van der Waals surface area contributed by atoms with Crippen molar-refractivity contribution in [2.75, 3.05) is 29.9 Å². The Bertz CT molecular complexity index is 341. The van der Waals surface area contributed by atoms with E-state index >= 15 is 0 Å². The quantitative estimate of drug-likeness (QED) is 0.726. The first kappa shape index (κ1) is 14.2. The molecule has 0 atom stereocenters. The van der Waals surface area contributed by atoms with Crippen molar-refractivity contribution in [3.8, 4) is 5.88 Å². The molecule has 5 heteroatoms. The van der Waals surface area contributed by atoms with Crippen LogP contribution in [0.4, 0.5) is 5.82 Å². The molecule has 0 amide bonds. The molecule has 0 saturated carbocycles. The first-order valence-corrected chi connectivity index (χ1v) is 7.12. The molecule has 1 aromatic rings. The number of hydrogen-bond acceptors (Lipinski definition) is 4. The highest BCUT2D eigenvalue weighted by Gasteiger charge is 2.13. The molecule has 1 heterocycles. The predicted molar refractivity (Wildman–Crippen MR) is 74.2 cm³/mol. The minimum atomic E-state index is 0.628. The van der Waals surface area contributed by atoms with E-state index in [1.165, 1.54) is 0 Å². The van der Waals surface area contributed by atoms with Gasteiger partial charge in [-0.3, -0.25) is 0 Å². The Balaban J connectivity index is 2.97. The first-order chi connectivity index (χ1) is 8.24. The van der Waals surface area contributed by atoms with E-state index in [0.717, 1.165) is 36.2 Å². The SMILES string of the molecule is CCCN(CCBr)c1ncnc(OCC)c1C. The number of hydrogen-bond donors (Lipinski definition) is 0. The van der Waals surface area contributed by atoms with E-state index in [2.05, 4.69) is 37.7 Å². The van der Waals surface area contributed by atoms with E-state index in [-0.39, 0.29) is 0 Å². The fourth-order valence-electron chi connectivity index (χ4n) is 1.72. The van der Waals surface area contributed by atoms with Crippen LogP contribution in [0.25, 0.3) is 0 Å². The van der Waals surface area contributed by atoms with Crippen LogP contribution in [0.15, 0.2) is 6.33 Å². The Labute approximate surface area is 112 Å². The van der Waals surface area contributed by atoms with E-state index in [1.807, 2.05) is 13.8 Å². The molecular weight excluding hydrogens is 282 g/mol. The summed E-state index contributed by atoms with van der Waals surface area (Å²) in [5, 5.41) is 0.931. The summed E-state index contributed by atoms with van der Waals surface area (Å²) in [6, 6.07) is 0. The molecule has 0 aliphatic rings. The van der Waals surface area contributed by atoms with Gasteiger partial charge in [-0.05, 0) is 20.3 Å². The molecule has 0 saturated heterocycles. The van der Waals surface area contributed by atoms with Crippen molar-refractivity contribution in [2.45, 2.75) is 27.2 Å². The Morgan fingerprint density at radius 1 is 1.29 bits per heavy atom. The minimum Gasteiger partial charge on any atom is -0.478 e. The topological polar surface area (TPSA) is 38.2 Å². The van der Waals surface area contributed by atoms with Crippen molar-refractivity contribution in [3.05, 3.63) is 11.9 Å². The highest BCUT2D eigenvalue weighted by molar-refractivity contribution is 9.09. The van der Waals surface area contributed by atoms with Crippen molar-refractivity contribution in [2.24, 2.45) is 0 Å². The third kappa shape index (κ3) is 3.84. The maximum atomic E-state index is 5.49. The maximum Gasteiger partial charge on any atom is 0.221 e. The summed E-state index contributed by atoms with van der Waals surface area (Å²) in [6.07, 6.45) is 2.67. The van der Waals surface area contributed by atoms with Gasteiger partial charge in [0.05, 0.1) is 12.2 Å². The Hall–Kier alpha value is -0.840. The van der Waals surface area contributed by atoms with Gasteiger partial charge in [-0.1, -0.05) is 22.9 Å². The summed E-state index contributed by atoms with van der Waals surface area (Å²) in [4.78, 5) is 10.8. The summed E-state index contributed by atoms with van der Waals surface area (Å²) in [6.45, 7) is 8.71. The molecule has 0 unspecified atom stereocenters. The average Bonchev–Trinajstić information content (AvgIpc) is 2.32. The van der Waals surface area contributed by atoms with E-state index in [0.29, 0.717) is 12.5 Å². The molecule has 0 fully saturated rings.